The summed E-state index contributed by atoms with van der Waals surface area (Å²) in [5.74, 6) is 0.168. The lowest BCUT2D eigenvalue weighted by atomic mass is 10.0. The highest BCUT2D eigenvalue weighted by Crippen LogP contribution is 2.33. The Labute approximate surface area is 226 Å². The number of hydrogen-bond donors (Lipinski definition) is 0. The number of allylic oxidation sites excluding steroid dienone is 1. The van der Waals surface area contributed by atoms with Crippen LogP contribution in [0.25, 0.3) is 6.08 Å². The van der Waals surface area contributed by atoms with Crippen LogP contribution in [-0.4, -0.2) is 17.1 Å². The first-order chi connectivity index (χ1) is 18.0. The smallest absolute Gasteiger partial charge is 0.338 e. The van der Waals surface area contributed by atoms with E-state index in [1.807, 2.05) is 66.0 Å². The first kappa shape index (κ1) is 25.2. The molecule has 0 saturated heterocycles. The fraction of sp³-hybridized carbons (Fsp3) is 0.179. The van der Waals surface area contributed by atoms with Crippen molar-refractivity contribution in [1.29, 1.82) is 0 Å². The molecule has 2 aromatic heterocycles. The highest BCUT2D eigenvalue weighted by molar-refractivity contribution is 7.10. The molecule has 3 heterocycles. The summed E-state index contributed by atoms with van der Waals surface area (Å²) < 4.78 is 13.5. The lowest BCUT2D eigenvalue weighted by molar-refractivity contribution is -0.139. The molecule has 1 aliphatic rings. The molecule has 0 unspecified atom stereocenters. The van der Waals surface area contributed by atoms with Gasteiger partial charge in [0.2, 0.25) is 0 Å². The van der Waals surface area contributed by atoms with E-state index in [2.05, 4.69) is 4.99 Å². The van der Waals surface area contributed by atoms with Crippen molar-refractivity contribution < 1.29 is 14.3 Å². The highest BCUT2D eigenvalue weighted by Gasteiger charge is 2.33. The van der Waals surface area contributed by atoms with Gasteiger partial charge in [0.15, 0.2) is 4.80 Å². The van der Waals surface area contributed by atoms with Gasteiger partial charge in [-0.15, -0.1) is 11.3 Å². The van der Waals surface area contributed by atoms with Crippen molar-refractivity contribution in [1.82, 2.24) is 4.57 Å². The molecule has 0 bridgehead atoms. The molecule has 5 rings (SSSR count). The van der Waals surface area contributed by atoms with E-state index in [0.717, 1.165) is 16.0 Å². The third-order valence-corrected chi connectivity index (χ3v) is 8.15. The molecule has 37 heavy (non-hydrogen) atoms. The lowest BCUT2D eigenvalue weighted by Gasteiger charge is -2.23. The average molecular weight is 551 g/mol. The van der Waals surface area contributed by atoms with Gasteiger partial charge in [-0.05, 0) is 43.5 Å². The molecule has 1 atom stereocenters. The van der Waals surface area contributed by atoms with E-state index in [9.17, 15) is 9.59 Å². The van der Waals surface area contributed by atoms with Crippen molar-refractivity contribution in [2.75, 3.05) is 6.61 Å². The zero-order valence-electron chi connectivity index (χ0n) is 20.1. The molecular formula is C28H23ClN2O4S2. The number of nitrogens with zero attached hydrogens (tertiary/aromatic N) is 2. The maximum atomic E-state index is 13.7. The van der Waals surface area contributed by atoms with Crippen LogP contribution in [0, 0.1) is 0 Å². The normalized spacial score (nSPS) is 15.3. The highest BCUT2D eigenvalue weighted by atomic mass is 35.5. The minimum Gasteiger partial charge on any atom is -0.488 e. The number of thiophene rings is 1. The number of ether oxygens (including phenoxy) is 2. The van der Waals surface area contributed by atoms with Gasteiger partial charge < -0.3 is 9.47 Å². The van der Waals surface area contributed by atoms with Crippen LogP contribution in [0.5, 0.6) is 5.75 Å². The predicted octanol–water partition coefficient (Wildman–Crippen LogP) is 5.09. The Balaban J connectivity index is 1.58. The Kier molecular flexibility index (Phi) is 7.41. The van der Waals surface area contributed by atoms with Crippen LogP contribution in [0.3, 0.4) is 0 Å². The third-order valence-electron chi connectivity index (χ3n) is 5.88. The van der Waals surface area contributed by atoms with Crippen LogP contribution in [0.1, 0.15) is 35.9 Å². The van der Waals surface area contributed by atoms with Gasteiger partial charge >= 0.3 is 5.97 Å². The van der Waals surface area contributed by atoms with E-state index in [0.29, 0.717) is 38.0 Å². The van der Waals surface area contributed by atoms with Crippen molar-refractivity contribution in [3.05, 3.63) is 118 Å². The fourth-order valence-electron chi connectivity index (χ4n) is 4.15. The van der Waals surface area contributed by atoms with Gasteiger partial charge in [0.05, 0.1) is 22.4 Å². The zero-order chi connectivity index (χ0) is 25.9. The SMILES string of the molecule is CCOC(=O)C1=C(C)N=c2s/c(=C/c3ccccc3OCc3ccccc3Cl)c(=O)n2[C@@H]1c1cccs1. The fourth-order valence-corrected chi connectivity index (χ4v) is 6.20. The van der Waals surface area contributed by atoms with Gasteiger partial charge in [0, 0.05) is 21.0 Å². The van der Waals surface area contributed by atoms with Crippen molar-refractivity contribution in [2.24, 2.45) is 4.99 Å². The van der Waals surface area contributed by atoms with Crippen molar-refractivity contribution >= 4 is 46.3 Å². The maximum Gasteiger partial charge on any atom is 0.338 e. The van der Waals surface area contributed by atoms with Crippen molar-refractivity contribution in [2.45, 2.75) is 26.5 Å². The number of thiazole rings is 1. The number of hydrogen-bond acceptors (Lipinski definition) is 7. The molecule has 0 aliphatic carbocycles. The topological polar surface area (TPSA) is 69.9 Å². The largest absolute Gasteiger partial charge is 0.488 e. The summed E-state index contributed by atoms with van der Waals surface area (Å²) in [6.45, 7) is 4.07. The summed E-state index contributed by atoms with van der Waals surface area (Å²) in [7, 11) is 0. The quantitative estimate of drug-likeness (QED) is 0.300. The van der Waals surface area contributed by atoms with Crippen LogP contribution in [-0.2, 0) is 16.1 Å². The standard InChI is InChI=1S/C28H23ClN2O4S2/c1-3-34-27(33)24-17(2)30-28-31(25(24)22-13-8-14-36-22)26(32)23(37-28)15-18-9-5-7-12-21(18)35-16-19-10-4-6-11-20(19)29/h4-15,25H,3,16H2,1-2H3/b23-15+/t25-/m1/s1. The van der Waals surface area contributed by atoms with Gasteiger partial charge in [-0.3, -0.25) is 9.36 Å². The first-order valence-electron chi connectivity index (χ1n) is 11.7. The molecule has 1 aliphatic heterocycles. The molecule has 4 aromatic rings. The molecule has 0 fully saturated rings. The van der Waals surface area contributed by atoms with Crippen LogP contribution in [0.2, 0.25) is 5.02 Å². The van der Waals surface area contributed by atoms with Gasteiger partial charge in [-0.2, -0.15) is 0 Å². The number of carbonyl (C=O) groups excluding carboxylic acids is 1. The van der Waals surface area contributed by atoms with Gasteiger partial charge in [0.1, 0.15) is 18.4 Å². The van der Waals surface area contributed by atoms with E-state index in [-0.39, 0.29) is 12.2 Å². The summed E-state index contributed by atoms with van der Waals surface area (Å²) in [5, 5.41) is 2.56. The molecule has 0 amide bonds. The summed E-state index contributed by atoms with van der Waals surface area (Å²) in [6, 6.07) is 18.3. The van der Waals surface area contributed by atoms with E-state index >= 15 is 0 Å². The Morgan fingerprint density at radius 2 is 1.92 bits per heavy atom. The minimum absolute atomic E-state index is 0.225. The van der Waals surface area contributed by atoms with E-state index in [1.165, 1.54) is 22.7 Å². The predicted molar refractivity (Wildman–Crippen MR) is 147 cm³/mol. The average Bonchev–Trinajstić information content (AvgIpc) is 3.52. The van der Waals surface area contributed by atoms with E-state index < -0.39 is 12.0 Å². The van der Waals surface area contributed by atoms with Crippen molar-refractivity contribution in [3.63, 3.8) is 0 Å². The van der Waals surface area contributed by atoms with E-state index in [1.54, 1.807) is 24.5 Å². The summed E-state index contributed by atoms with van der Waals surface area (Å²) in [4.78, 5) is 32.7. The molecule has 2 aromatic carbocycles. The Bertz CT molecular complexity index is 1670. The zero-order valence-corrected chi connectivity index (χ0v) is 22.5. The number of esters is 1. The van der Waals surface area contributed by atoms with Gasteiger partial charge in [-0.1, -0.05) is 65.4 Å². The van der Waals surface area contributed by atoms with Crippen molar-refractivity contribution in [3.8, 4) is 5.75 Å². The maximum absolute atomic E-state index is 13.7. The molecule has 188 valence electrons. The molecule has 0 N–H and O–H groups in total. The van der Waals surface area contributed by atoms with Crippen LogP contribution >= 0.6 is 34.3 Å². The van der Waals surface area contributed by atoms with Gasteiger partial charge in [0.25, 0.3) is 5.56 Å². The second kappa shape index (κ2) is 10.9. The molecule has 0 saturated carbocycles. The van der Waals surface area contributed by atoms with Crippen LogP contribution in [0.4, 0.5) is 0 Å². The van der Waals surface area contributed by atoms with Crippen LogP contribution < -0.4 is 19.6 Å². The number of rotatable bonds is 7. The minimum atomic E-state index is -0.593. The Hall–Kier alpha value is -3.46. The summed E-state index contributed by atoms with van der Waals surface area (Å²) in [5.41, 5.74) is 2.34. The monoisotopic (exact) mass is 550 g/mol. The number of aromatic nitrogens is 1. The third kappa shape index (κ3) is 5.05. The number of para-hydroxylation sites is 1. The molecule has 0 radical (unpaired) electrons. The summed E-state index contributed by atoms with van der Waals surface area (Å²) in [6.07, 6.45) is 1.81. The first-order valence-corrected chi connectivity index (χ1v) is 13.7. The lowest BCUT2D eigenvalue weighted by Crippen LogP contribution is -2.39. The summed E-state index contributed by atoms with van der Waals surface area (Å²) >= 11 is 9.05. The molecule has 0 spiro atoms. The van der Waals surface area contributed by atoms with Gasteiger partial charge in [-0.25, -0.2) is 9.79 Å². The molecular weight excluding hydrogens is 528 g/mol. The number of fused-ring (bicyclic) bond motifs is 1. The number of benzene rings is 2. The number of halogens is 1. The van der Waals surface area contributed by atoms with Crippen LogP contribution in [0.15, 0.2) is 87.1 Å². The Morgan fingerprint density at radius 1 is 1.14 bits per heavy atom. The van der Waals surface area contributed by atoms with E-state index in [4.69, 9.17) is 21.1 Å². The second-order valence-electron chi connectivity index (χ2n) is 8.24. The molecule has 9 heteroatoms. The number of carbonyl (C=O) groups is 1. The molecule has 6 nitrogen and oxygen atoms in total. The Morgan fingerprint density at radius 3 is 2.68 bits per heavy atom. The second-order valence-corrected chi connectivity index (χ2v) is 10.6.